The standard InChI is InChI=1S/C23H21F2N5O2/c1-11-10-27-22(26)20-19(28-13(3)30(11)20)16-7-8-17(18(25)12(16)2)29-23(32)21(31)14-5-4-6-15(24)9-14/h4-10,21,31H,1-3H3,(H2,26,27)(H,29,32)/t21-/m1/s1. The molecule has 0 bridgehead atoms. The number of nitrogen functional groups attached to an aromatic ring is 1. The number of aliphatic hydroxyl groups is 1. The first-order valence-corrected chi connectivity index (χ1v) is 9.83. The zero-order valence-electron chi connectivity index (χ0n) is 17.6. The van der Waals surface area contributed by atoms with Gasteiger partial charge in [0.2, 0.25) is 0 Å². The number of carbonyl (C=O) groups is 1. The summed E-state index contributed by atoms with van der Waals surface area (Å²) >= 11 is 0. The van der Waals surface area contributed by atoms with E-state index in [9.17, 15) is 14.3 Å². The van der Waals surface area contributed by atoms with Gasteiger partial charge in [0.25, 0.3) is 5.91 Å². The summed E-state index contributed by atoms with van der Waals surface area (Å²) in [7, 11) is 0. The first-order chi connectivity index (χ1) is 15.2. The average molecular weight is 437 g/mol. The van der Waals surface area contributed by atoms with Gasteiger partial charge in [-0.15, -0.1) is 0 Å². The van der Waals surface area contributed by atoms with E-state index in [0.717, 1.165) is 11.8 Å². The molecule has 4 N–H and O–H groups in total. The van der Waals surface area contributed by atoms with Crippen molar-refractivity contribution in [3.05, 3.63) is 76.9 Å². The van der Waals surface area contributed by atoms with Crippen LogP contribution in [0.5, 0.6) is 0 Å². The first-order valence-electron chi connectivity index (χ1n) is 9.83. The van der Waals surface area contributed by atoms with E-state index in [0.29, 0.717) is 22.6 Å². The van der Waals surface area contributed by atoms with E-state index in [1.54, 1.807) is 19.2 Å². The van der Waals surface area contributed by atoms with E-state index >= 15 is 4.39 Å². The van der Waals surface area contributed by atoms with Crippen molar-refractivity contribution in [1.29, 1.82) is 0 Å². The number of hydrogen-bond acceptors (Lipinski definition) is 5. The van der Waals surface area contributed by atoms with Gasteiger partial charge in [0.15, 0.2) is 6.10 Å². The minimum absolute atomic E-state index is 0.0644. The maximum absolute atomic E-state index is 15.2. The highest BCUT2D eigenvalue weighted by Gasteiger charge is 2.23. The highest BCUT2D eigenvalue weighted by molar-refractivity contribution is 5.95. The average Bonchev–Trinajstić information content (AvgIpc) is 3.11. The monoisotopic (exact) mass is 437 g/mol. The minimum atomic E-state index is -1.65. The molecule has 0 aliphatic heterocycles. The second-order valence-corrected chi connectivity index (χ2v) is 7.52. The Kier molecular flexibility index (Phi) is 5.35. The lowest BCUT2D eigenvalue weighted by atomic mass is 10.0. The van der Waals surface area contributed by atoms with Gasteiger partial charge in [0.1, 0.15) is 34.5 Å². The van der Waals surface area contributed by atoms with Crippen LogP contribution in [0, 0.1) is 32.4 Å². The topological polar surface area (TPSA) is 106 Å². The number of imidazole rings is 1. The fourth-order valence-electron chi connectivity index (χ4n) is 3.74. The minimum Gasteiger partial charge on any atom is -0.382 e. The van der Waals surface area contributed by atoms with E-state index in [4.69, 9.17) is 5.73 Å². The summed E-state index contributed by atoms with van der Waals surface area (Å²) in [6.07, 6.45) is -0.0183. The number of carbonyl (C=O) groups excluding carboxylic acids is 1. The van der Waals surface area contributed by atoms with Gasteiger partial charge >= 0.3 is 0 Å². The van der Waals surface area contributed by atoms with E-state index in [2.05, 4.69) is 15.3 Å². The lowest BCUT2D eigenvalue weighted by Crippen LogP contribution is -2.21. The summed E-state index contributed by atoms with van der Waals surface area (Å²) in [6.45, 7) is 5.24. The first kappa shape index (κ1) is 21.4. The Morgan fingerprint density at radius 2 is 1.94 bits per heavy atom. The molecular formula is C23H21F2N5O2. The fourth-order valence-corrected chi connectivity index (χ4v) is 3.74. The van der Waals surface area contributed by atoms with Gasteiger partial charge in [0.05, 0.1) is 5.69 Å². The summed E-state index contributed by atoms with van der Waals surface area (Å²) < 4.78 is 30.4. The van der Waals surface area contributed by atoms with Crippen LogP contribution in [0.4, 0.5) is 20.3 Å². The zero-order chi connectivity index (χ0) is 23.2. The van der Waals surface area contributed by atoms with Crippen LogP contribution in [0.15, 0.2) is 42.6 Å². The van der Waals surface area contributed by atoms with E-state index < -0.39 is 23.6 Å². The SMILES string of the molecule is Cc1c(-c2nc(C)n3c(C)cnc(N)c23)ccc(NC(=O)[C@H](O)c2cccc(F)c2)c1F. The number of benzene rings is 2. The molecule has 0 aliphatic rings. The molecule has 4 aromatic rings. The molecule has 32 heavy (non-hydrogen) atoms. The van der Waals surface area contributed by atoms with Gasteiger partial charge < -0.3 is 16.2 Å². The highest BCUT2D eigenvalue weighted by Crippen LogP contribution is 2.34. The number of hydrogen-bond donors (Lipinski definition) is 3. The number of aryl methyl sites for hydroxylation is 2. The summed E-state index contributed by atoms with van der Waals surface area (Å²) in [5.74, 6) is -1.21. The Morgan fingerprint density at radius 1 is 1.19 bits per heavy atom. The fraction of sp³-hybridized carbons (Fsp3) is 0.174. The molecule has 0 radical (unpaired) electrons. The van der Waals surface area contributed by atoms with E-state index in [-0.39, 0.29) is 22.6 Å². The van der Waals surface area contributed by atoms with Crippen LogP contribution in [0.25, 0.3) is 16.8 Å². The van der Waals surface area contributed by atoms with Crippen LogP contribution >= 0.6 is 0 Å². The Balaban J connectivity index is 1.70. The number of amides is 1. The molecular weight excluding hydrogens is 416 g/mol. The van der Waals surface area contributed by atoms with Gasteiger partial charge in [-0.25, -0.2) is 18.7 Å². The smallest absolute Gasteiger partial charge is 0.257 e. The molecule has 9 heteroatoms. The molecule has 7 nitrogen and oxygen atoms in total. The maximum atomic E-state index is 15.2. The molecule has 0 spiro atoms. The zero-order valence-corrected chi connectivity index (χ0v) is 17.6. The number of fused-ring (bicyclic) bond motifs is 1. The number of halogens is 2. The normalized spacial score (nSPS) is 12.2. The van der Waals surface area contributed by atoms with Gasteiger partial charge in [-0.2, -0.15) is 0 Å². The van der Waals surface area contributed by atoms with Crippen LogP contribution in [0.3, 0.4) is 0 Å². The summed E-state index contributed by atoms with van der Waals surface area (Å²) in [5, 5.41) is 12.6. The molecule has 164 valence electrons. The number of rotatable bonds is 4. The quantitative estimate of drug-likeness (QED) is 0.450. The second-order valence-electron chi connectivity index (χ2n) is 7.52. The molecule has 0 aliphatic carbocycles. The molecule has 0 unspecified atom stereocenters. The van der Waals surface area contributed by atoms with Gasteiger partial charge in [-0.3, -0.25) is 9.20 Å². The molecule has 0 saturated heterocycles. The highest BCUT2D eigenvalue weighted by atomic mass is 19.1. The van der Waals surface area contributed by atoms with Crippen molar-refractivity contribution in [3.63, 3.8) is 0 Å². The third kappa shape index (κ3) is 3.56. The predicted octanol–water partition coefficient (Wildman–Crippen LogP) is 3.85. The number of nitrogens with one attached hydrogen (secondary N) is 1. The van der Waals surface area contributed by atoms with Crippen molar-refractivity contribution < 1.29 is 18.7 Å². The van der Waals surface area contributed by atoms with Crippen LogP contribution in [0.1, 0.15) is 28.7 Å². The van der Waals surface area contributed by atoms with Gasteiger partial charge in [-0.05, 0) is 50.1 Å². The van der Waals surface area contributed by atoms with Crippen molar-refractivity contribution >= 4 is 22.9 Å². The molecule has 0 saturated carbocycles. The molecule has 0 fully saturated rings. The summed E-state index contributed by atoms with van der Waals surface area (Å²) in [5.41, 5.74) is 8.65. The Morgan fingerprint density at radius 3 is 2.66 bits per heavy atom. The lowest BCUT2D eigenvalue weighted by molar-refractivity contribution is -0.124. The summed E-state index contributed by atoms with van der Waals surface area (Å²) in [4.78, 5) is 21.2. The molecule has 2 heterocycles. The second kappa shape index (κ2) is 8.01. The molecule has 4 rings (SSSR count). The van der Waals surface area contributed by atoms with Crippen molar-refractivity contribution in [2.75, 3.05) is 11.1 Å². The maximum Gasteiger partial charge on any atom is 0.257 e. The number of aromatic nitrogens is 3. The van der Waals surface area contributed by atoms with Gasteiger partial charge in [0, 0.05) is 17.5 Å². The van der Waals surface area contributed by atoms with Crippen LogP contribution < -0.4 is 11.1 Å². The molecule has 1 atom stereocenters. The van der Waals surface area contributed by atoms with E-state index in [1.165, 1.54) is 24.3 Å². The van der Waals surface area contributed by atoms with Crippen LogP contribution in [-0.4, -0.2) is 25.4 Å². The largest absolute Gasteiger partial charge is 0.382 e. The van der Waals surface area contributed by atoms with Crippen molar-refractivity contribution in [2.45, 2.75) is 26.9 Å². The third-order valence-corrected chi connectivity index (χ3v) is 5.34. The number of nitrogens with two attached hydrogens (primary N) is 1. The Hall–Kier alpha value is -3.85. The third-order valence-electron chi connectivity index (χ3n) is 5.34. The number of nitrogens with zero attached hydrogens (tertiary/aromatic N) is 3. The predicted molar refractivity (Wildman–Crippen MR) is 117 cm³/mol. The Labute approximate surface area is 182 Å². The number of anilines is 2. The molecule has 1 amide bonds. The van der Waals surface area contributed by atoms with Crippen LogP contribution in [-0.2, 0) is 4.79 Å². The van der Waals surface area contributed by atoms with Gasteiger partial charge in [-0.1, -0.05) is 18.2 Å². The number of aliphatic hydroxyl groups excluding tert-OH is 1. The van der Waals surface area contributed by atoms with E-state index in [1.807, 2.05) is 18.2 Å². The van der Waals surface area contributed by atoms with Crippen molar-refractivity contribution in [3.8, 4) is 11.3 Å². The lowest BCUT2D eigenvalue weighted by Gasteiger charge is -2.14. The molecule has 2 aromatic carbocycles. The summed E-state index contributed by atoms with van der Waals surface area (Å²) in [6, 6.07) is 8.02. The van der Waals surface area contributed by atoms with Crippen molar-refractivity contribution in [2.24, 2.45) is 0 Å². The van der Waals surface area contributed by atoms with Crippen LogP contribution in [0.2, 0.25) is 0 Å². The molecule has 2 aromatic heterocycles. The van der Waals surface area contributed by atoms with Crippen molar-refractivity contribution in [1.82, 2.24) is 14.4 Å². The Bertz CT molecular complexity index is 1370.